The van der Waals surface area contributed by atoms with Crippen LogP contribution in [0.4, 0.5) is 17.3 Å². The molecule has 326 valence electrons. The van der Waals surface area contributed by atoms with E-state index in [2.05, 4.69) is 59.3 Å². The van der Waals surface area contributed by atoms with Crippen LogP contribution in [0, 0.1) is 18.8 Å². The molecule has 16 heteroatoms. The second-order valence-corrected chi connectivity index (χ2v) is 18.4. The van der Waals surface area contributed by atoms with Crippen LogP contribution >= 0.6 is 0 Å². The number of pyridine rings is 1. The molecule has 8 heterocycles. The molecule has 3 saturated heterocycles. The third kappa shape index (κ3) is 7.37. The van der Waals surface area contributed by atoms with Crippen LogP contribution in [0.1, 0.15) is 76.9 Å². The number of aromatic nitrogens is 5. The van der Waals surface area contributed by atoms with Gasteiger partial charge in [-0.05, 0) is 111 Å². The molecule has 0 spiro atoms. The van der Waals surface area contributed by atoms with Crippen molar-refractivity contribution in [2.75, 3.05) is 61.0 Å². The zero-order chi connectivity index (χ0) is 42.9. The summed E-state index contributed by atoms with van der Waals surface area (Å²) in [5, 5.41) is 10.1. The predicted octanol–water partition coefficient (Wildman–Crippen LogP) is 4.75. The number of nitrogens with zero attached hydrogens (tertiary/aromatic N) is 9. The largest absolute Gasteiger partial charge is 0.477 e. The minimum Gasteiger partial charge on any atom is -0.477 e. The minimum atomic E-state index is -0.606. The van der Waals surface area contributed by atoms with Gasteiger partial charge in [-0.1, -0.05) is 0 Å². The Bertz CT molecular complexity index is 2660. The highest BCUT2D eigenvalue weighted by Crippen LogP contribution is 2.38. The first-order valence-electron chi connectivity index (χ1n) is 22.6. The van der Waals surface area contributed by atoms with Crippen molar-refractivity contribution in [1.82, 2.24) is 39.4 Å². The van der Waals surface area contributed by atoms with E-state index in [1.54, 1.807) is 15.8 Å². The number of aryl methyl sites for hydroxylation is 2. The van der Waals surface area contributed by atoms with Gasteiger partial charge in [0.2, 0.25) is 23.6 Å². The second kappa shape index (κ2) is 15.8. The third-order valence-electron chi connectivity index (χ3n) is 14.4. The van der Waals surface area contributed by atoms with Crippen LogP contribution in [0.3, 0.4) is 0 Å². The molecular weight excluding hydrogens is 799 g/mol. The van der Waals surface area contributed by atoms with Gasteiger partial charge in [0.25, 0.3) is 11.8 Å². The molecule has 1 unspecified atom stereocenters. The fraction of sp³-hybridized carbons (Fsp3) is 0.468. The molecular formula is C47H53N11O5. The molecule has 4 bridgehead atoms. The van der Waals surface area contributed by atoms with Gasteiger partial charge < -0.3 is 24.0 Å². The van der Waals surface area contributed by atoms with Gasteiger partial charge in [-0.25, -0.2) is 9.67 Å². The van der Waals surface area contributed by atoms with Crippen LogP contribution in [0.25, 0.3) is 22.3 Å². The maximum atomic E-state index is 14.0. The van der Waals surface area contributed by atoms with E-state index in [1.165, 1.54) is 5.69 Å². The fourth-order valence-electron chi connectivity index (χ4n) is 11.0. The van der Waals surface area contributed by atoms with E-state index in [9.17, 15) is 19.2 Å². The first-order chi connectivity index (χ1) is 30.6. The lowest BCUT2D eigenvalue weighted by atomic mass is 10.0. The number of hydrogen-bond donors (Lipinski definition) is 2. The highest BCUT2D eigenvalue weighted by atomic mass is 16.5. The van der Waals surface area contributed by atoms with E-state index in [1.807, 2.05) is 38.2 Å². The van der Waals surface area contributed by atoms with E-state index < -0.39 is 6.04 Å². The van der Waals surface area contributed by atoms with Gasteiger partial charge in [-0.15, -0.1) is 0 Å². The van der Waals surface area contributed by atoms with Crippen molar-refractivity contribution >= 4 is 52.0 Å². The van der Waals surface area contributed by atoms with E-state index in [-0.39, 0.29) is 30.0 Å². The van der Waals surface area contributed by atoms with E-state index >= 15 is 0 Å². The van der Waals surface area contributed by atoms with Crippen LogP contribution in [0.15, 0.2) is 54.7 Å². The number of ether oxygens (including phenoxy) is 1. The van der Waals surface area contributed by atoms with Crippen LogP contribution in [-0.2, 0) is 29.7 Å². The quantitative estimate of drug-likeness (QED) is 0.240. The molecule has 2 aromatic carbocycles. The molecule has 3 aromatic heterocycles. The van der Waals surface area contributed by atoms with Gasteiger partial charge in [0, 0.05) is 100 Å². The minimum absolute atomic E-state index is 0.136. The van der Waals surface area contributed by atoms with E-state index in [0.29, 0.717) is 66.1 Å². The molecule has 4 fully saturated rings. The van der Waals surface area contributed by atoms with Crippen molar-refractivity contribution in [1.29, 1.82) is 0 Å². The summed E-state index contributed by atoms with van der Waals surface area (Å²) in [6.45, 7) is 9.37. The number of fused-ring (bicyclic) bond motifs is 10. The van der Waals surface area contributed by atoms with Crippen molar-refractivity contribution in [3.8, 4) is 17.1 Å². The Kier molecular flexibility index (Phi) is 9.92. The second-order valence-electron chi connectivity index (χ2n) is 18.4. The molecule has 11 rings (SSSR count). The number of amides is 4. The van der Waals surface area contributed by atoms with Gasteiger partial charge in [0.05, 0.1) is 35.1 Å². The average Bonchev–Trinajstić information content (AvgIpc) is 4.07. The van der Waals surface area contributed by atoms with Crippen LogP contribution < -0.4 is 25.2 Å². The van der Waals surface area contributed by atoms with Crippen molar-refractivity contribution in [2.45, 2.75) is 77.0 Å². The smallest absolute Gasteiger partial charge is 0.258 e. The lowest BCUT2D eigenvalue weighted by molar-refractivity contribution is -0.136. The van der Waals surface area contributed by atoms with Crippen molar-refractivity contribution in [3.63, 3.8) is 0 Å². The summed E-state index contributed by atoms with van der Waals surface area (Å²) in [5.74, 6) is 1.06. The third-order valence-corrected chi connectivity index (χ3v) is 14.4. The van der Waals surface area contributed by atoms with Crippen LogP contribution in [-0.4, -0.2) is 116 Å². The monoisotopic (exact) mass is 851 g/mol. The maximum absolute atomic E-state index is 14.0. The van der Waals surface area contributed by atoms with Gasteiger partial charge in [0.1, 0.15) is 6.04 Å². The van der Waals surface area contributed by atoms with Crippen molar-refractivity contribution < 1.29 is 23.9 Å². The van der Waals surface area contributed by atoms with Crippen LogP contribution in [0.2, 0.25) is 0 Å². The number of piperazine rings is 1. The highest BCUT2D eigenvalue weighted by molar-refractivity contribution is 6.06. The molecule has 4 amide bonds. The standard InChI is InChI=1S/C47H53N11O5/c1-28-19-31-22-39(49-28)37-24-48-53(2)46(37)63-27-30-4-3-29(20-30)25-58-41-23-35(6-8-38(41)50-47(58)52-43(31)60)56-17-15-55(16-18-56)33-11-13-54(14-12-33)34-5-7-36-32(21-34)26-57(45(36)62)40-9-10-42(59)51-44(40)61/h5-8,19,21-24,29-30,33,40H,3-4,9-18,20,25-27H2,1-2H3,(H,50,52,60)(H,51,59,61)/t29-,30+,40?/m1/s1. The number of rotatable bonds is 4. The molecule has 0 radical (unpaired) electrons. The normalized spacial score (nSPS) is 23.5. The Morgan fingerprint density at radius 2 is 1.56 bits per heavy atom. The summed E-state index contributed by atoms with van der Waals surface area (Å²) in [4.78, 5) is 70.4. The van der Waals surface area contributed by atoms with Gasteiger partial charge in [0.15, 0.2) is 0 Å². The molecule has 5 aromatic rings. The zero-order valence-corrected chi connectivity index (χ0v) is 35.9. The number of piperidine rings is 2. The number of imide groups is 1. The first-order valence-corrected chi connectivity index (χ1v) is 22.6. The van der Waals surface area contributed by atoms with Gasteiger partial charge in [-0.2, -0.15) is 5.10 Å². The number of imidazole rings is 1. The van der Waals surface area contributed by atoms with Crippen LogP contribution in [0.5, 0.6) is 5.88 Å². The predicted molar refractivity (Wildman–Crippen MR) is 237 cm³/mol. The molecule has 5 aliphatic heterocycles. The Hall–Kier alpha value is -6.29. The van der Waals surface area contributed by atoms with Crippen molar-refractivity contribution in [3.05, 3.63) is 77.1 Å². The summed E-state index contributed by atoms with van der Waals surface area (Å²) < 4.78 is 10.4. The number of carbonyl (C=O) groups is 4. The lowest BCUT2D eigenvalue weighted by Gasteiger charge is -2.44. The zero-order valence-electron chi connectivity index (χ0n) is 35.9. The first kappa shape index (κ1) is 39.5. The van der Waals surface area contributed by atoms with Gasteiger partial charge in [-0.3, -0.25) is 39.7 Å². The number of benzene rings is 2. The summed E-state index contributed by atoms with van der Waals surface area (Å²) in [5.41, 5.74) is 8.46. The summed E-state index contributed by atoms with van der Waals surface area (Å²) in [6.07, 6.45) is 7.71. The Balaban J connectivity index is 0.758. The molecule has 3 atom stereocenters. The molecule has 63 heavy (non-hydrogen) atoms. The topological polar surface area (TPSA) is 163 Å². The lowest BCUT2D eigenvalue weighted by Crippen LogP contribution is -2.53. The summed E-state index contributed by atoms with van der Waals surface area (Å²) in [6, 6.07) is 16.1. The number of anilines is 3. The number of hydrogen-bond acceptors (Lipinski definition) is 11. The maximum Gasteiger partial charge on any atom is 0.258 e. The van der Waals surface area contributed by atoms with Gasteiger partial charge >= 0.3 is 0 Å². The SMILES string of the molecule is Cc1cc2cc(n1)-c1cnn(C)c1OC[C@H]1CC[C@H](C1)Cn1c(nc3ccc(N4CCN(C5CCN(c6ccc7c(c6)CN(C6CCC(=O)NC6=O)C7=O)CC5)CC4)cc31)NC2=O. The van der Waals surface area contributed by atoms with E-state index in [0.717, 1.165) is 111 Å². The summed E-state index contributed by atoms with van der Waals surface area (Å²) in [7, 11) is 1.88. The summed E-state index contributed by atoms with van der Waals surface area (Å²) >= 11 is 0. The molecule has 1 saturated carbocycles. The Morgan fingerprint density at radius 3 is 2.38 bits per heavy atom. The molecule has 16 nitrogen and oxygen atoms in total. The Labute approximate surface area is 365 Å². The molecule has 2 N–H and O–H groups in total. The highest BCUT2D eigenvalue weighted by Gasteiger charge is 2.40. The average molecular weight is 852 g/mol. The molecule has 6 aliphatic rings. The fourth-order valence-corrected chi connectivity index (χ4v) is 11.0. The van der Waals surface area contributed by atoms with E-state index in [4.69, 9.17) is 14.7 Å². The number of carbonyl (C=O) groups excluding carboxylic acids is 4. The number of nitrogens with one attached hydrogen (secondary N) is 2. The molecule has 1 aliphatic carbocycles. The van der Waals surface area contributed by atoms with Crippen molar-refractivity contribution in [2.24, 2.45) is 18.9 Å². The Morgan fingerprint density at radius 1 is 0.778 bits per heavy atom.